The van der Waals surface area contributed by atoms with E-state index in [0.29, 0.717) is 38.1 Å². The van der Waals surface area contributed by atoms with Crippen molar-refractivity contribution in [1.29, 1.82) is 0 Å². The number of amides is 1. The monoisotopic (exact) mass is 509 g/mol. The minimum absolute atomic E-state index is 0.0167. The molecule has 4 rings (SSSR count). The van der Waals surface area contributed by atoms with Gasteiger partial charge in [-0.1, -0.05) is 43.7 Å². The maximum atomic E-state index is 13.4. The quantitative estimate of drug-likeness (QED) is 0.522. The summed E-state index contributed by atoms with van der Waals surface area (Å²) in [4.78, 5) is 26.4. The van der Waals surface area contributed by atoms with Crippen LogP contribution < -0.4 is 10.7 Å². The summed E-state index contributed by atoms with van der Waals surface area (Å²) in [5, 5.41) is 3.08. The summed E-state index contributed by atoms with van der Waals surface area (Å²) >= 11 is 0. The van der Waals surface area contributed by atoms with Crippen LogP contribution in [0.2, 0.25) is 0 Å². The van der Waals surface area contributed by atoms with Gasteiger partial charge >= 0.3 is 0 Å². The number of piperidine rings is 1. The van der Waals surface area contributed by atoms with Crippen molar-refractivity contribution in [2.75, 3.05) is 19.6 Å². The van der Waals surface area contributed by atoms with Gasteiger partial charge in [-0.2, -0.15) is 4.31 Å². The molecule has 1 aliphatic heterocycles. The van der Waals surface area contributed by atoms with Gasteiger partial charge < -0.3 is 9.88 Å². The molecule has 1 aliphatic rings. The predicted molar refractivity (Wildman–Crippen MR) is 143 cm³/mol. The lowest BCUT2D eigenvalue weighted by atomic mass is 9.94. The molecular weight excluding hydrogens is 474 g/mol. The van der Waals surface area contributed by atoms with Gasteiger partial charge in [0.2, 0.25) is 15.5 Å². The molecule has 8 heteroatoms. The van der Waals surface area contributed by atoms with Crippen molar-refractivity contribution in [2.24, 2.45) is 11.8 Å². The standard InChI is InChI=1S/C28H35N3O4S/c1-5-30-18-25(28(33)29-13-12-22-8-6-19(2)7-9-22)27(32)24-15-23(10-11-26(24)30)36(34,35)31-16-20(3)14-21(4)17-31/h6-11,15,18,20-21H,5,12-14,16-17H2,1-4H3,(H,29,33)/t20-,21-/m0/s1. The highest BCUT2D eigenvalue weighted by atomic mass is 32.2. The molecule has 0 radical (unpaired) electrons. The number of aryl methyl sites for hydroxylation is 2. The lowest BCUT2D eigenvalue weighted by Gasteiger charge is -2.34. The van der Waals surface area contributed by atoms with Gasteiger partial charge in [0, 0.05) is 37.8 Å². The number of nitrogens with zero attached hydrogens (tertiary/aromatic N) is 2. The van der Waals surface area contributed by atoms with Gasteiger partial charge in [0.25, 0.3) is 5.91 Å². The van der Waals surface area contributed by atoms with Gasteiger partial charge in [0.1, 0.15) is 5.56 Å². The summed E-state index contributed by atoms with van der Waals surface area (Å²) in [7, 11) is -3.75. The van der Waals surface area contributed by atoms with E-state index in [1.165, 1.54) is 15.9 Å². The molecule has 1 fully saturated rings. The largest absolute Gasteiger partial charge is 0.352 e. The van der Waals surface area contributed by atoms with Crippen molar-refractivity contribution in [2.45, 2.75) is 52.0 Å². The Balaban J connectivity index is 1.64. The summed E-state index contributed by atoms with van der Waals surface area (Å²) in [6, 6.07) is 12.8. The van der Waals surface area contributed by atoms with Crippen LogP contribution in [0.15, 0.2) is 58.4 Å². The second kappa shape index (κ2) is 10.6. The number of sulfonamides is 1. The van der Waals surface area contributed by atoms with E-state index in [4.69, 9.17) is 0 Å². The molecule has 0 bridgehead atoms. The van der Waals surface area contributed by atoms with E-state index < -0.39 is 21.4 Å². The fraction of sp³-hybridized carbons (Fsp3) is 0.429. The molecular formula is C28H35N3O4S. The average Bonchev–Trinajstić information content (AvgIpc) is 2.84. The molecule has 3 aromatic rings. The summed E-state index contributed by atoms with van der Waals surface area (Å²) in [5.41, 5.74) is 2.44. The van der Waals surface area contributed by atoms with E-state index >= 15 is 0 Å². The summed E-state index contributed by atoms with van der Waals surface area (Å²) in [5.74, 6) is 0.0937. The van der Waals surface area contributed by atoms with Crippen LogP contribution in [0.3, 0.4) is 0 Å². The minimum Gasteiger partial charge on any atom is -0.352 e. The zero-order valence-electron chi connectivity index (χ0n) is 21.5. The first kappa shape index (κ1) is 26.1. The number of pyridine rings is 1. The molecule has 7 nitrogen and oxygen atoms in total. The van der Waals surface area contributed by atoms with Gasteiger partial charge in [0.15, 0.2) is 0 Å². The summed E-state index contributed by atoms with van der Waals surface area (Å²) in [6.07, 6.45) is 3.21. The molecule has 0 aliphatic carbocycles. The molecule has 0 saturated carbocycles. The van der Waals surface area contributed by atoms with Crippen LogP contribution in [-0.4, -0.2) is 42.8 Å². The lowest BCUT2D eigenvalue weighted by Crippen LogP contribution is -2.42. The maximum absolute atomic E-state index is 13.4. The number of fused-ring (bicyclic) bond motifs is 1. The van der Waals surface area contributed by atoms with Gasteiger partial charge in [-0.15, -0.1) is 0 Å². The van der Waals surface area contributed by atoms with Gasteiger partial charge in [-0.25, -0.2) is 8.42 Å². The Morgan fingerprint density at radius 2 is 1.72 bits per heavy atom. The first-order valence-electron chi connectivity index (χ1n) is 12.6. The van der Waals surface area contributed by atoms with Crippen LogP contribution in [0.25, 0.3) is 10.9 Å². The Labute approximate surface area is 213 Å². The highest BCUT2D eigenvalue weighted by Crippen LogP contribution is 2.28. The zero-order chi connectivity index (χ0) is 26.0. The molecule has 0 spiro atoms. The van der Waals surface area contributed by atoms with Crippen molar-refractivity contribution in [3.05, 3.63) is 75.6 Å². The number of carbonyl (C=O) groups excluding carboxylic acids is 1. The van der Waals surface area contributed by atoms with Crippen LogP contribution in [-0.2, 0) is 23.0 Å². The van der Waals surface area contributed by atoms with Crippen molar-refractivity contribution in [3.8, 4) is 0 Å². The third kappa shape index (κ3) is 5.39. The third-order valence-corrected chi connectivity index (χ3v) is 8.76. The second-order valence-corrected chi connectivity index (χ2v) is 12.0. The Morgan fingerprint density at radius 1 is 1.06 bits per heavy atom. The van der Waals surface area contributed by atoms with Crippen molar-refractivity contribution < 1.29 is 13.2 Å². The van der Waals surface area contributed by atoms with E-state index in [-0.39, 0.29) is 27.7 Å². The van der Waals surface area contributed by atoms with Crippen molar-refractivity contribution in [1.82, 2.24) is 14.2 Å². The number of hydrogen-bond donors (Lipinski definition) is 1. The number of hydrogen-bond acceptors (Lipinski definition) is 4. The molecule has 2 atom stereocenters. The van der Waals surface area contributed by atoms with E-state index in [9.17, 15) is 18.0 Å². The maximum Gasteiger partial charge on any atom is 0.256 e. The Morgan fingerprint density at radius 3 is 2.36 bits per heavy atom. The molecule has 1 saturated heterocycles. The fourth-order valence-corrected chi connectivity index (χ4v) is 6.79. The first-order valence-corrected chi connectivity index (χ1v) is 14.0. The average molecular weight is 510 g/mol. The smallest absolute Gasteiger partial charge is 0.256 e. The van der Waals surface area contributed by atoms with Crippen molar-refractivity contribution in [3.63, 3.8) is 0 Å². The van der Waals surface area contributed by atoms with E-state index in [1.54, 1.807) is 18.3 Å². The summed E-state index contributed by atoms with van der Waals surface area (Å²) < 4.78 is 30.2. The molecule has 36 heavy (non-hydrogen) atoms. The topological polar surface area (TPSA) is 88.5 Å². The summed E-state index contributed by atoms with van der Waals surface area (Å²) in [6.45, 7) is 9.92. The highest BCUT2D eigenvalue weighted by molar-refractivity contribution is 7.89. The first-order chi connectivity index (χ1) is 17.1. The van der Waals surface area contributed by atoms with Crippen LogP contribution in [0.4, 0.5) is 0 Å². The van der Waals surface area contributed by atoms with Crippen LogP contribution in [0.5, 0.6) is 0 Å². The van der Waals surface area contributed by atoms with Crippen molar-refractivity contribution >= 4 is 26.8 Å². The number of nitrogens with one attached hydrogen (secondary N) is 1. The predicted octanol–water partition coefficient (Wildman–Crippen LogP) is 3.97. The molecule has 192 valence electrons. The number of carbonyl (C=O) groups is 1. The second-order valence-electron chi connectivity index (χ2n) is 10.1. The molecule has 1 N–H and O–H groups in total. The normalized spacial score (nSPS) is 18.9. The number of aromatic nitrogens is 1. The van der Waals surface area contributed by atoms with Gasteiger partial charge in [-0.3, -0.25) is 9.59 Å². The van der Waals surface area contributed by atoms with Crippen LogP contribution in [0, 0.1) is 18.8 Å². The number of rotatable bonds is 7. The SMILES string of the molecule is CCn1cc(C(=O)NCCc2ccc(C)cc2)c(=O)c2cc(S(=O)(=O)N3C[C@@H](C)C[C@H](C)C3)ccc21. The highest BCUT2D eigenvalue weighted by Gasteiger charge is 2.32. The Kier molecular flexibility index (Phi) is 7.66. The lowest BCUT2D eigenvalue weighted by molar-refractivity contribution is 0.0952. The van der Waals surface area contributed by atoms with E-state index in [2.05, 4.69) is 19.2 Å². The van der Waals surface area contributed by atoms with Crippen LogP contribution >= 0.6 is 0 Å². The van der Waals surface area contributed by atoms with E-state index in [1.807, 2.05) is 42.7 Å². The molecule has 2 aromatic carbocycles. The third-order valence-electron chi connectivity index (χ3n) is 6.93. The van der Waals surface area contributed by atoms with Crippen LogP contribution in [0.1, 0.15) is 48.7 Å². The Bertz CT molecular complexity index is 1420. The van der Waals surface area contributed by atoms with Gasteiger partial charge in [0.05, 0.1) is 10.4 Å². The molecule has 2 heterocycles. The zero-order valence-corrected chi connectivity index (χ0v) is 22.3. The molecule has 1 aromatic heterocycles. The Hall–Kier alpha value is -2.97. The molecule has 1 amide bonds. The van der Waals surface area contributed by atoms with E-state index in [0.717, 1.165) is 12.0 Å². The van der Waals surface area contributed by atoms with Gasteiger partial charge in [-0.05, 0) is 62.3 Å². The number of benzene rings is 2. The minimum atomic E-state index is -3.75. The molecule has 0 unspecified atom stereocenters. The fourth-order valence-electron chi connectivity index (χ4n) is 5.08.